The number of hydrogen-bond acceptors (Lipinski definition) is 3. The van der Waals surface area contributed by atoms with Crippen molar-refractivity contribution < 1.29 is 9.90 Å². The molecule has 1 N–H and O–H groups in total. The quantitative estimate of drug-likeness (QED) is 0.907. The minimum absolute atomic E-state index is 0.489. The van der Waals surface area contributed by atoms with Gasteiger partial charge in [-0.2, -0.15) is 11.8 Å². The normalized spacial score (nSPS) is 18.5. The minimum Gasteiger partial charge on any atom is -0.480 e. The number of aryl methyl sites for hydroxylation is 1. The van der Waals surface area contributed by atoms with E-state index in [0.29, 0.717) is 0 Å². The molecule has 1 unspecified atom stereocenters. The lowest BCUT2D eigenvalue weighted by Gasteiger charge is -2.31. The molecule has 1 aromatic rings. The van der Waals surface area contributed by atoms with Gasteiger partial charge in [-0.05, 0) is 17.5 Å². The second-order valence-corrected chi connectivity index (χ2v) is 5.71. The van der Waals surface area contributed by atoms with Crippen molar-refractivity contribution in [1.29, 1.82) is 0 Å². The molecule has 0 saturated carbocycles. The van der Waals surface area contributed by atoms with Crippen LogP contribution in [-0.2, 0) is 11.2 Å². The Morgan fingerprint density at radius 1 is 1.33 bits per heavy atom. The Morgan fingerprint density at radius 3 is 2.44 bits per heavy atom. The Labute approximate surface area is 112 Å². The van der Waals surface area contributed by atoms with Crippen LogP contribution in [0, 0.1) is 0 Å². The topological polar surface area (TPSA) is 40.5 Å². The van der Waals surface area contributed by atoms with Crippen LogP contribution in [-0.4, -0.2) is 40.6 Å². The molecular weight excluding hydrogens is 246 g/mol. The number of nitrogens with zero attached hydrogens (tertiary/aromatic N) is 1. The van der Waals surface area contributed by atoms with E-state index in [-0.39, 0.29) is 0 Å². The second kappa shape index (κ2) is 6.25. The molecule has 3 nitrogen and oxygen atoms in total. The number of carbonyl (C=O) groups is 1. The highest BCUT2D eigenvalue weighted by molar-refractivity contribution is 7.99. The number of carboxylic acid groups (broad SMARTS) is 1. The van der Waals surface area contributed by atoms with Crippen molar-refractivity contribution >= 4 is 17.7 Å². The van der Waals surface area contributed by atoms with Crippen LogP contribution in [0.15, 0.2) is 24.3 Å². The first-order valence-electron chi connectivity index (χ1n) is 6.36. The van der Waals surface area contributed by atoms with Crippen molar-refractivity contribution in [2.45, 2.75) is 19.4 Å². The van der Waals surface area contributed by atoms with Gasteiger partial charge in [-0.1, -0.05) is 31.2 Å². The second-order valence-electron chi connectivity index (χ2n) is 4.48. The van der Waals surface area contributed by atoms with Gasteiger partial charge >= 0.3 is 5.97 Å². The van der Waals surface area contributed by atoms with E-state index < -0.39 is 12.0 Å². The van der Waals surface area contributed by atoms with Crippen molar-refractivity contribution in [1.82, 2.24) is 4.90 Å². The lowest BCUT2D eigenvalue weighted by atomic mass is 10.0. The van der Waals surface area contributed by atoms with E-state index in [2.05, 4.69) is 11.8 Å². The zero-order chi connectivity index (χ0) is 13.0. The van der Waals surface area contributed by atoms with E-state index in [1.165, 1.54) is 5.56 Å². The van der Waals surface area contributed by atoms with Crippen LogP contribution < -0.4 is 0 Å². The first-order chi connectivity index (χ1) is 8.72. The standard InChI is InChI=1S/C14H19NO2S/c1-2-11-3-5-12(6-4-11)13(14(16)17)15-7-9-18-10-8-15/h3-6,13H,2,7-10H2,1H3,(H,16,17). The fourth-order valence-electron chi connectivity index (χ4n) is 2.28. The first kappa shape index (κ1) is 13.4. The fraction of sp³-hybridized carbons (Fsp3) is 0.500. The molecule has 1 saturated heterocycles. The van der Waals surface area contributed by atoms with E-state index in [0.717, 1.165) is 36.6 Å². The number of carboxylic acids is 1. The van der Waals surface area contributed by atoms with Gasteiger partial charge in [0.1, 0.15) is 6.04 Å². The summed E-state index contributed by atoms with van der Waals surface area (Å²) < 4.78 is 0. The predicted molar refractivity (Wildman–Crippen MR) is 75.1 cm³/mol. The number of hydrogen-bond donors (Lipinski definition) is 1. The fourth-order valence-corrected chi connectivity index (χ4v) is 3.21. The third-order valence-electron chi connectivity index (χ3n) is 3.35. The molecular formula is C14H19NO2S. The van der Waals surface area contributed by atoms with Crippen LogP contribution in [0.25, 0.3) is 0 Å². The minimum atomic E-state index is -0.744. The van der Waals surface area contributed by atoms with Crippen molar-refractivity contribution in [3.05, 3.63) is 35.4 Å². The molecule has 18 heavy (non-hydrogen) atoms. The molecule has 0 aromatic heterocycles. The summed E-state index contributed by atoms with van der Waals surface area (Å²) in [6, 6.07) is 7.49. The highest BCUT2D eigenvalue weighted by atomic mass is 32.2. The molecule has 1 atom stereocenters. The van der Waals surface area contributed by atoms with Gasteiger partial charge in [-0.3, -0.25) is 9.69 Å². The molecule has 1 aromatic carbocycles. The molecule has 1 heterocycles. The third kappa shape index (κ3) is 3.06. The Bertz CT molecular complexity index is 399. The summed E-state index contributed by atoms with van der Waals surface area (Å²) in [5.74, 6) is 1.30. The Balaban J connectivity index is 2.20. The molecule has 1 fully saturated rings. The highest BCUT2D eigenvalue weighted by Crippen LogP contribution is 2.24. The van der Waals surface area contributed by atoms with Crippen molar-refractivity contribution in [3.63, 3.8) is 0 Å². The van der Waals surface area contributed by atoms with Gasteiger partial charge in [-0.25, -0.2) is 0 Å². The SMILES string of the molecule is CCc1ccc(C(C(=O)O)N2CCSCC2)cc1. The lowest BCUT2D eigenvalue weighted by Crippen LogP contribution is -2.39. The highest BCUT2D eigenvalue weighted by Gasteiger charge is 2.28. The molecule has 0 aliphatic carbocycles. The van der Waals surface area contributed by atoms with E-state index >= 15 is 0 Å². The molecule has 98 valence electrons. The Hall–Kier alpha value is -1.00. The van der Waals surface area contributed by atoms with E-state index in [1.807, 2.05) is 36.0 Å². The van der Waals surface area contributed by atoms with Crippen molar-refractivity contribution in [2.24, 2.45) is 0 Å². The summed E-state index contributed by atoms with van der Waals surface area (Å²) in [6.45, 7) is 3.82. The molecule has 0 radical (unpaired) electrons. The van der Waals surface area contributed by atoms with Crippen LogP contribution in [0.1, 0.15) is 24.1 Å². The summed E-state index contributed by atoms with van der Waals surface area (Å²) in [4.78, 5) is 13.6. The summed E-state index contributed by atoms with van der Waals surface area (Å²) in [7, 11) is 0. The first-order valence-corrected chi connectivity index (χ1v) is 7.51. The maximum atomic E-state index is 11.5. The molecule has 4 heteroatoms. The monoisotopic (exact) mass is 265 g/mol. The lowest BCUT2D eigenvalue weighted by molar-refractivity contribution is -0.143. The van der Waals surface area contributed by atoms with Crippen LogP contribution in [0.3, 0.4) is 0 Å². The van der Waals surface area contributed by atoms with Crippen LogP contribution >= 0.6 is 11.8 Å². The van der Waals surface area contributed by atoms with Crippen LogP contribution in [0.2, 0.25) is 0 Å². The van der Waals surface area contributed by atoms with Gasteiger partial charge in [0.25, 0.3) is 0 Å². The average Bonchev–Trinajstić information content (AvgIpc) is 2.40. The largest absolute Gasteiger partial charge is 0.480 e. The van der Waals surface area contributed by atoms with E-state index in [4.69, 9.17) is 0 Å². The third-order valence-corrected chi connectivity index (χ3v) is 4.29. The molecule has 2 rings (SSSR count). The number of aliphatic carboxylic acids is 1. The van der Waals surface area contributed by atoms with Gasteiger partial charge in [0, 0.05) is 24.6 Å². The summed E-state index contributed by atoms with van der Waals surface area (Å²) in [5, 5.41) is 9.46. The van der Waals surface area contributed by atoms with Crippen LogP contribution in [0.5, 0.6) is 0 Å². The average molecular weight is 265 g/mol. The zero-order valence-electron chi connectivity index (χ0n) is 10.6. The van der Waals surface area contributed by atoms with Gasteiger partial charge in [0.05, 0.1) is 0 Å². The van der Waals surface area contributed by atoms with E-state index in [9.17, 15) is 9.90 Å². The van der Waals surface area contributed by atoms with Gasteiger partial charge in [-0.15, -0.1) is 0 Å². The number of benzene rings is 1. The number of rotatable bonds is 4. The van der Waals surface area contributed by atoms with Gasteiger partial charge in [0.15, 0.2) is 0 Å². The zero-order valence-corrected chi connectivity index (χ0v) is 11.4. The van der Waals surface area contributed by atoms with Crippen LogP contribution in [0.4, 0.5) is 0 Å². The predicted octanol–water partition coefficient (Wildman–Crippen LogP) is 2.42. The number of thioether (sulfide) groups is 1. The maximum absolute atomic E-state index is 11.5. The van der Waals surface area contributed by atoms with E-state index in [1.54, 1.807) is 0 Å². The summed E-state index contributed by atoms with van der Waals surface area (Å²) >= 11 is 1.89. The molecule has 0 amide bonds. The summed E-state index contributed by atoms with van der Waals surface area (Å²) in [5.41, 5.74) is 2.14. The van der Waals surface area contributed by atoms with Crippen molar-refractivity contribution in [3.8, 4) is 0 Å². The molecule has 0 spiro atoms. The molecule has 0 bridgehead atoms. The molecule has 1 aliphatic rings. The van der Waals surface area contributed by atoms with Gasteiger partial charge in [0.2, 0.25) is 0 Å². The summed E-state index contributed by atoms with van der Waals surface area (Å²) in [6.07, 6.45) is 0.984. The Kier molecular flexibility index (Phi) is 4.66. The smallest absolute Gasteiger partial charge is 0.325 e. The molecule has 1 aliphatic heterocycles. The van der Waals surface area contributed by atoms with Gasteiger partial charge < -0.3 is 5.11 Å². The van der Waals surface area contributed by atoms with Crippen molar-refractivity contribution in [2.75, 3.05) is 24.6 Å². The maximum Gasteiger partial charge on any atom is 0.325 e. The Morgan fingerprint density at radius 2 is 1.94 bits per heavy atom.